The summed E-state index contributed by atoms with van der Waals surface area (Å²) in [7, 11) is 5.99. The van der Waals surface area contributed by atoms with Gasteiger partial charge in [0, 0.05) is 37.4 Å². The Kier molecular flexibility index (Phi) is 5.23. The molecule has 1 saturated carbocycles. The van der Waals surface area contributed by atoms with E-state index in [1.54, 1.807) is 0 Å². The lowest BCUT2D eigenvalue weighted by atomic mass is 9.79. The topological polar surface area (TPSA) is 44.4 Å². The Morgan fingerprint density at radius 1 is 1.14 bits per heavy atom. The van der Waals surface area contributed by atoms with E-state index in [1.165, 1.54) is 19.3 Å². The van der Waals surface area contributed by atoms with E-state index in [4.69, 9.17) is 0 Å². The fourth-order valence-electron chi connectivity index (χ4n) is 3.10. The van der Waals surface area contributed by atoms with Gasteiger partial charge in [0.2, 0.25) is 5.91 Å². The zero-order valence-electron chi connectivity index (χ0n) is 13.4. The summed E-state index contributed by atoms with van der Waals surface area (Å²) in [6.07, 6.45) is 6.46. The molecule has 2 rings (SSSR count). The van der Waals surface area contributed by atoms with Gasteiger partial charge in [0.15, 0.2) is 0 Å². The fourth-order valence-corrected chi connectivity index (χ4v) is 3.10. The lowest BCUT2D eigenvalue weighted by molar-refractivity contribution is -0.117. The number of nitrogens with one attached hydrogen (secondary N) is 2. The maximum atomic E-state index is 12.3. The van der Waals surface area contributed by atoms with Gasteiger partial charge in [0.25, 0.3) is 0 Å². The number of carbonyl (C=O) groups excluding carboxylic acids is 1. The van der Waals surface area contributed by atoms with Gasteiger partial charge < -0.3 is 15.5 Å². The van der Waals surface area contributed by atoms with Gasteiger partial charge in [-0.05, 0) is 44.2 Å². The van der Waals surface area contributed by atoms with E-state index >= 15 is 0 Å². The summed E-state index contributed by atoms with van der Waals surface area (Å²) in [5.41, 5.74) is 1.99. The first-order valence-corrected chi connectivity index (χ1v) is 7.81. The van der Waals surface area contributed by atoms with Crippen LogP contribution in [-0.2, 0) is 4.79 Å². The second-order valence-electron chi connectivity index (χ2n) is 6.26. The number of amides is 1. The highest BCUT2D eigenvalue weighted by atomic mass is 16.1. The van der Waals surface area contributed by atoms with Crippen molar-refractivity contribution in [1.29, 1.82) is 0 Å². The van der Waals surface area contributed by atoms with Crippen molar-refractivity contribution in [1.82, 2.24) is 5.32 Å². The summed E-state index contributed by atoms with van der Waals surface area (Å²) >= 11 is 0. The first kappa shape index (κ1) is 15.8. The molecule has 4 heteroatoms. The van der Waals surface area contributed by atoms with Gasteiger partial charge in [-0.1, -0.05) is 19.3 Å². The Labute approximate surface area is 127 Å². The van der Waals surface area contributed by atoms with E-state index in [9.17, 15) is 4.79 Å². The van der Waals surface area contributed by atoms with Crippen molar-refractivity contribution < 1.29 is 4.79 Å². The number of hydrogen-bond acceptors (Lipinski definition) is 3. The molecule has 0 spiro atoms. The Hall–Kier alpha value is -1.55. The monoisotopic (exact) mass is 289 g/mol. The predicted molar refractivity (Wildman–Crippen MR) is 88.9 cm³/mol. The minimum absolute atomic E-state index is 0.00803. The number of hydrogen-bond donors (Lipinski definition) is 2. The third kappa shape index (κ3) is 4.21. The third-order valence-corrected chi connectivity index (χ3v) is 4.51. The molecule has 0 atom stereocenters. The minimum atomic E-state index is -0.00803. The van der Waals surface area contributed by atoms with E-state index in [0.29, 0.717) is 6.42 Å². The molecule has 1 amide bonds. The van der Waals surface area contributed by atoms with Crippen molar-refractivity contribution in [3.8, 4) is 0 Å². The summed E-state index contributed by atoms with van der Waals surface area (Å²) < 4.78 is 0. The van der Waals surface area contributed by atoms with Crippen molar-refractivity contribution in [2.45, 2.75) is 44.1 Å². The Morgan fingerprint density at radius 2 is 1.76 bits per heavy atom. The van der Waals surface area contributed by atoms with Gasteiger partial charge in [-0.2, -0.15) is 0 Å². The number of anilines is 2. The number of benzene rings is 1. The molecular weight excluding hydrogens is 262 g/mol. The van der Waals surface area contributed by atoms with E-state index in [1.807, 2.05) is 50.3 Å². The predicted octanol–water partition coefficient (Wildman–Crippen LogP) is 3.00. The lowest BCUT2D eigenvalue weighted by Gasteiger charge is -2.36. The first-order valence-electron chi connectivity index (χ1n) is 7.81. The van der Waals surface area contributed by atoms with Crippen molar-refractivity contribution in [3.05, 3.63) is 24.3 Å². The van der Waals surface area contributed by atoms with Crippen molar-refractivity contribution >= 4 is 17.3 Å². The van der Waals surface area contributed by atoms with E-state index in [0.717, 1.165) is 24.2 Å². The third-order valence-electron chi connectivity index (χ3n) is 4.51. The zero-order valence-corrected chi connectivity index (χ0v) is 13.4. The summed E-state index contributed by atoms with van der Waals surface area (Å²) in [6, 6.07) is 7.95. The largest absolute Gasteiger partial charge is 0.378 e. The molecule has 1 aromatic carbocycles. The summed E-state index contributed by atoms with van der Waals surface area (Å²) in [4.78, 5) is 14.3. The molecule has 0 aromatic heterocycles. The molecule has 1 aromatic rings. The molecule has 0 radical (unpaired) electrons. The molecule has 21 heavy (non-hydrogen) atoms. The van der Waals surface area contributed by atoms with Crippen LogP contribution >= 0.6 is 0 Å². The van der Waals surface area contributed by atoms with Crippen molar-refractivity contribution in [2.75, 3.05) is 31.4 Å². The molecule has 1 fully saturated rings. The van der Waals surface area contributed by atoms with Crippen LogP contribution in [0.3, 0.4) is 0 Å². The van der Waals surface area contributed by atoms with Crippen LogP contribution in [0.1, 0.15) is 38.5 Å². The summed E-state index contributed by atoms with van der Waals surface area (Å²) in [6.45, 7) is 0. The highest BCUT2D eigenvalue weighted by Crippen LogP contribution is 2.31. The zero-order chi connectivity index (χ0) is 15.3. The van der Waals surface area contributed by atoms with Crippen LogP contribution in [0.15, 0.2) is 24.3 Å². The van der Waals surface area contributed by atoms with Crippen LogP contribution in [0.4, 0.5) is 11.4 Å². The molecule has 0 bridgehead atoms. The van der Waals surface area contributed by atoms with Crippen LogP contribution in [0.5, 0.6) is 0 Å². The van der Waals surface area contributed by atoms with Gasteiger partial charge in [-0.15, -0.1) is 0 Å². The average molecular weight is 289 g/mol. The lowest BCUT2D eigenvalue weighted by Crippen LogP contribution is -2.47. The smallest absolute Gasteiger partial charge is 0.226 e. The molecule has 1 aliphatic rings. The SMILES string of the molecule is CNC1(CC(=O)Nc2ccc(N(C)C)cc2)CCCCC1. The average Bonchev–Trinajstić information content (AvgIpc) is 2.48. The number of nitrogens with zero attached hydrogens (tertiary/aromatic N) is 1. The van der Waals surface area contributed by atoms with Crippen molar-refractivity contribution in [3.63, 3.8) is 0 Å². The minimum Gasteiger partial charge on any atom is -0.378 e. The van der Waals surface area contributed by atoms with Crippen LogP contribution < -0.4 is 15.5 Å². The second kappa shape index (κ2) is 6.94. The maximum absolute atomic E-state index is 12.3. The van der Waals surface area contributed by atoms with E-state index in [-0.39, 0.29) is 11.4 Å². The molecule has 0 saturated heterocycles. The molecule has 116 valence electrons. The molecule has 2 N–H and O–H groups in total. The molecule has 0 aliphatic heterocycles. The Bertz CT molecular complexity index is 461. The quantitative estimate of drug-likeness (QED) is 0.876. The molecule has 0 heterocycles. The van der Waals surface area contributed by atoms with Gasteiger partial charge in [0.05, 0.1) is 0 Å². The maximum Gasteiger partial charge on any atom is 0.226 e. The van der Waals surface area contributed by atoms with Gasteiger partial charge >= 0.3 is 0 Å². The van der Waals surface area contributed by atoms with E-state index < -0.39 is 0 Å². The van der Waals surface area contributed by atoms with Crippen LogP contribution in [0, 0.1) is 0 Å². The van der Waals surface area contributed by atoms with Gasteiger partial charge in [0.1, 0.15) is 0 Å². The first-order chi connectivity index (χ1) is 10.0. The molecule has 4 nitrogen and oxygen atoms in total. The second-order valence-corrected chi connectivity index (χ2v) is 6.26. The standard InChI is InChI=1S/C17H27N3O/c1-18-17(11-5-4-6-12-17)13-16(21)19-14-7-9-15(10-8-14)20(2)3/h7-10,18H,4-6,11-13H2,1-3H3,(H,19,21). The fraction of sp³-hybridized carbons (Fsp3) is 0.588. The highest BCUT2D eigenvalue weighted by Gasteiger charge is 2.32. The summed E-state index contributed by atoms with van der Waals surface area (Å²) in [5.74, 6) is 0.101. The molecular formula is C17H27N3O. The summed E-state index contributed by atoms with van der Waals surface area (Å²) in [5, 5.41) is 6.41. The van der Waals surface area contributed by atoms with Gasteiger partial charge in [-0.3, -0.25) is 4.79 Å². The highest BCUT2D eigenvalue weighted by molar-refractivity contribution is 5.91. The normalized spacial score (nSPS) is 17.3. The Morgan fingerprint density at radius 3 is 2.29 bits per heavy atom. The van der Waals surface area contributed by atoms with Crippen molar-refractivity contribution in [2.24, 2.45) is 0 Å². The number of carbonyl (C=O) groups is 1. The number of rotatable bonds is 5. The van der Waals surface area contributed by atoms with Gasteiger partial charge in [-0.25, -0.2) is 0 Å². The van der Waals surface area contributed by atoms with E-state index in [2.05, 4.69) is 10.6 Å². The van der Waals surface area contributed by atoms with Crippen LogP contribution in [0.25, 0.3) is 0 Å². The van der Waals surface area contributed by atoms with Crippen LogP contribution in [-0.4, -0.2) is 32.6 Å². The van der Waals surface area contributed by atoms with Crippen LogP contribution in [0.2, 0.25) is 0 Å². The molecule has 1 aliphatic carbocycles. The Balaban J connectivity index is 1.94. The molecule has 0 unspecified atom stereocenters.